The molecule has 3 nitrogen and oxygen atoms in total. The van der Waals surface area contributed by atoms with Crippen LogP contribution in [0.15, 0.2) is 48.5 Å². The third-order valence-corrected chi connectivity index (χ3v) is 2.74. The largest absolute Gasteiger partial charge is 0.269 e. The molecule has 18 heavy (non-hydrogen) atoms. The molecular weight excluding hydrogens is 233 g/mol. The Balaban J connectivity index is 2.00. The minimum atomic E-state index is -0.420. The van der Waals surface area contributed by atoms with Gasteiger partial charge in [-0.25, -0.2) is 4.39 Å². The highest BCUT2D eigenvalue weighted by molar-refractivity contribution is 5.33. The van der Waals surface area contributed by atoms with Crippen molar-refractivity contribution in [2.45, 2.75) is 12.8 Å². The summed E-state index contributed by atoms with van der Waals surface area (Å²) in [6.07, 6.45) is 1.46. The standard InChI is InChI=1S/C14H12FNO2/c15-13-3-1-2-12(10-13)5-4-11-6-8-14(9-7-11)16(17)18/h1-3,6-10H,4-5H2. The van der Waals surface area contributed by atoms with Gasteiger partial charge in [-0.3, -0.25) is 10.1 Å². The van der Waals surface area contributed by atoms with Gasteiger partial charge >= 0.3 is 0 Å². The molecule has 0 fully saturated rings. The summed E-state index contributed by atoms with van der Waals surface area (Å²) in [6, 6.07) is 12.9. The molecule has 0 saturated heterocycles. The second-order valence-electron chi connectivity index (χ2n) is 4.05. The lowest BCUT2D eigenvalue weighted by molar-refractivity contribution is -0.384. The number of aryl methyl sites for hydroxylation is 2. The van der Waals surface area contributed by atoms with Crippen molar-refractivity contribution in [2.75, 3.05) is 0 Å². The Morgan fingerprint density at radius 3 is 2.28 bits per heavy atom. The van der Waals surface area contributed by atoms with Gasteiger partial charge in [-0.1, -0.05) is 24.3 Å². The number of benzene rings is 2. The number of nitro groups is 1. The topological polar surface area (TPSA) is 43.1 Å². The first kappa shape index (κ1) is 12.2. The summed E-state index contributed by atoms with van der Waals surface area (Å²) in [7, 11) is 0. The Kier molecular flexibility index (Phi) is 3.67. The lowest BCUT2D eigenvalue weighted by atomic mass is 10.0. The molecule has 0 aliphatic rings. The number of nitrogens with zero attached hydrogens (tertiary/aromatic N) is 1. The normalized spacial score (nSPS) is 10.3. The summed E-state index contributed by atoms with van der Waals surface area (Å²) < 4.78 is 13.0. The van der Waals surface area contributed by atoms with Gasteiger partial charge in [-0.15, -0.1) is 0 Å². The summed E-state index contributed by atoms with van der Waals surface area (Å²) in [5.41, 5.74) is 2.02. The van der Waals surface area contributed by atoms with Crippen molar-refractivity contribution < 1.29 is 9.31 Å². The van der Waals surface area contributed by atoms with Gasteiger partial charge in [0.1, 0.15) is 5.82 Å². The van der Waals surface area contributed by atoms with Crippen molar-refractivity contribution in [3.63, 3.8) is 0 Å². The fraction of sp³-hybridized carbons (Fsp3) is 0.143. The minimum absolute atomic E-state index is 0.0875. The van der Waals surface area contributed by atoms with Crippen molar-refractivity contribution >= 4 is 5.69 Å². The zero-order valence-corrected chi connectivity index (χ0v) is 9.67. The zero-order chi connectivity index (χ0) is 13.0. The molecule has 0 bridgehead atoms. The van der Waals surface area contributed by atoms with Gasteiger partial charge < -0.3 is 0 Å². The number of rotatable bonds is 4. The number of nitro benzene ring substituents is 1. The van der Waals surface area contributed by atoms with Crippen LogP contribution in [-0.4, -0.2) is 4.92 Å². The Morgan fingerprint density at radius 1 is 1.00 bits per heavy atom. The molecule has 0 amide bonds. The summed E-state index contributed by atoms with van der Waals surface area (Å²) in [5, 5.41) is 10.5. The number of halogens is 1. The Bertz CT molecular complexity index is 552. The Morgan fingerprint density at radius 2 is 1.67 bits per heavy atom. The molecule has 0 N–H and O–H groups in total. The van der Waals surface area contributed by atoms with Crippen LogP contribution in [0.5, 0.6) is 0 Å². The van der Waals surface area contributed by atoms with Crippen LogP contribution < -0.4 is 0 Å². The molecule has 0 unspecified atom stereocenters. The van der Waals surface area contributed by atoms with E-state index in [1.54, 1.807) is 18.2 Å². The van der Waals surface area contributed by atoms with Gasteiger partial charge in [0.15, 0.2) is 0 Å². The fourth-order valence-electron chi connectivity index (χ4n) is 1.77. The predicted octanol–water partition coefficient (Wildman–Crippen LogP) is 3.52. The first-order valence-electron chi connectivity index (χ1n) is 5.63. The minimum Gasteiger partial charge on any atom is -0.258 e. The molecule has 0 radical (unpaired) electrons. The van der Waals surface area contributed by atoms with Gasteiger partial charge in [-0.05, 0) is 36.1 Å². The maximum atomic E-state index is 13.0. The highest BCUT2D eigenvalue weighted by Crippen LogP contribution is 2.14. The average molecular weight is 245 g/mol. The highest BCUT2D eigenvalue weighted by Gasteiger charge is 2.04. The van der Waals surface area contributed by atoms with Gasteiger partial charge in [0.25, 0.3) is 5.69 Å². The third-order valence-electron chi connectivity index (χ3n) is 2.74. The van der Waals surface area contributed by atoms with Gasteiger partial charge in [0.2, 0.25) is 0 Å². The molecule has 0 aliphatic heterocycles. The zero-order valence-electron chi connectivity index (χ0n) is 9.67. The lowest BCUT2D eigenvalue weighted by Crippen LogP contribution is -1.93. The Hall–Kier alpha value is -2.23. The van der Waals surface area contributed by atoms with Crippen LogP contribution in [0.1, 0.15) is 11.1 Å². The van der Waals surface area contributed by atoms with Crippen molar-refractivity contribution in [3.8, 4) is 0 Å². The average Bonchev–Trinajstić information content (AvgIpc) is 2.37. The van der Waals surface area contributed by atoms with E-state index in [4.69, 9.17) is 0 Å². The van der Waals surface area contributed by atoms with E-state index >= 15 is 0 Å². The van der Waals surface area contributed by atoms with E-state index in [2.05, 4.69) is 0 Å². The van der Waals surface area contributed by atoms with Crippen LogP contribution in [0.25, 0.3) is 0 Å². The molecule has 2 aromatic carbocycles. The smallest absolute Gasteiger partial charge is 0.258 e. The van der Waals surface area contributed by atoms with Gasteiger partial charge in [0, 0.05) is 12.1 Å². The molecule has 0 spiro atoms. The third kappa shape index (κ3) is 3.13. The molecule has 0 heterocycles. The fourth-order valence-corrected chi connectivity index (χ4v) is 1.77. The van der Waals surface area contributed by atoms with Gasteiger partial charge in [0.05, 0.1) is 4.92 Å². The van der Waals surface area contributed by atoms with Crippen LogP contribution in [0, 0.1) is 15.9 Å². The van der Waals surface area contributed by atoms with E-state index in [1.165, 1.54) is 24.3 Å². The summed E-state index contributed by atoms with van der Waals surface area (Å²) in [4.78, 5) is 10.1. The van der Waals surface area contributed by atoms with Crippen LogP contribution in [-0.2, 0) is 12.8 Å². The van der Waals surface area contributed by atoms with E-state index in [1.807, 2.05) is 6.07 Å². The number of hydrogen-bond acceptors (Lipinski definition) is 2. The number of non-ortho nitro benzene ring substituents is 1. The summed E-state index contributed by atoms with van der Waals surface area (Å²) in [5.74, 6) is -0.240. The predicted molar refractivity (Wildman–Crippen MR) is 66.9 cm³/mol. The van der Waals surface area contributed by atoms with Crippen molar-refractivity contribution in [3.05, 3.63) is 75.6 Å². The maximum absolute atomic E-state index is 13.0. The van der Waals surface area contributed by atoms with Crippen LogP contribution in [0.2, 0.25) is 0 Å². The van der Waals surface area contributed by atoms with Crippen LogP contribution in [0.4, 0.5) is 10.1 Å². The van der Waals surface area contributed by atoms with E-state index in [9.17, 15) is 14.5 Å². The molecule has 92 valence electrons. The monoisotopic (exact) mass is 245 g/mol. The highest BCUT2D eigenvalue weighted by atomic mass is 19.1. The van der Waals surface area contributed by atoms with Crippen molar-refractivity contribution in [1.82, 2.24) is 0 Å². The Labute approximate surface area is 104 Å². The lowest BCUT2D eigenvalue weighted by Gasteiger charge is -2.02. The molecule has 0 atom stereocenters. The first-order chi connectivity index (χ1) is 8.65. The van der Waals surface area contributed by atoms with Crippen molar-refractivity contribution in [1.29, 1.82) is 0 Å². The second kappa shape index (κ2) is 5.40. The van der Waals surface area contributed by atoms with E-state index in [0.717, 1.165) is 24.0 Å². The molecule has 0 saturated carbocycles. The molecule has 4 heteroatoms. The maximum Gasteiger partial charge on any atom is 0.269 e. The van der Waals surface area contributed by atoms with E-state index in [0.29, 0.717) is 0 Å². The van der Waals surface area contributed by atoms with E-state index < -0.39 is 4.92 Å². The summed E-state index contributed by atoms with van der Waals surface area (Å²) >= 11 is 0. The molecular formula is C14H12FNO2. The van der Waals surface area contributed by atoms with Crippen LogP contribution in [0.3, 0.4) is 0 Å². The molecule has 2 rings (SSSR count). The SMILES string of the molecule is O=[N+]([O-])c1ccc(CCc2cccc(F)c2)cc1. The quantitative estimate of drug-likeness (QED) is 0.611. The van der Waals surface area contributed by atoms with Crippen molar-refractivity contribution in [2.24, 2.45) is 0 Å². The van der Waals surface area contributed by atoms with Gasteiger partial charge in [-0.2, -0.15) is 0 Å². The number of hydrogen-bond donors (Lipinski definition) is 0. The first-order valence-corrected chi connectivity index (χ1v) is 5.63. The van der Waals surface area contributed by atoms with Crippen LogP contribution >= 0.6 is 0 Å². The molecule has 2 aromatic rings. The van der Waals surface area contributed by atoms with E-state index in [-0.39, 0.29) is 11.5 Å². The summed E-state index contributed by atoms with van der Waals surface area (Å²) in [6.45, 7) is 0. The second-order valence-corrected chi connectivity index (χ2v) is 4.05. The molecule has 0 aliphatic carbocycles. The molecule has 0 aromatic heterocycles.